The number of halogens is 1. The van der Waals surface area contributed by atoms with Gasteiger partial charge in [0.05, 0.1) is 25.4 Å². The fraction of sp³-hybridized carbons (Fsp3) is 0.556. The summed E-state index contributed by atoms with van der Waals surface area (Å²) >= 11 is 5.91. The van der Waals surface area contributed by atoms with Crippen molar-refractivity contribution in [1.29, 1.82) is 0 Å². The molecule has 0 aliphatic rings. The lowest BCUT2D eigenvalue weighted by Crippen LogP contribution is -2.19. The van der Waals surface area contributed by atoms with Crippen molar-refractivity contribution < 1.29 is 14.6 Å². The molecule has 0 aliphatic heterocycles. The highest BCUT2D eigenvalue weighted by atomic mass is 35.5. The number of ether oxygens (including phenoxy) is 2. The lowest BCUT2D eigenvalue weighted by molar-refractivity contribution is 0.0743. The molecule has 0 unspecified atom stereocenters. The van der Waals surface area contributed by atoms with Crippen molar-refractivity contribution in [2.24, 2.45) is 0 Å². The van der Waals surface area contributed by atoms with Gasteiger partial charge < -0.3 is 14.6 Å². The number of hydrogen-bond donors (Lipinski definition) is 1. The van der Waals surface area contributed by atoms with Crippen LogP contribution in [-0.2, 0) is 5.60 Å². The topological polar surface area (TPSA) is 64.5 Å². The zero-order valence-corrected chi connectivity index (χ0v) is 9.79. The molecule has 1 N–H and O–H groups in total. The van der Waals surface area contributed by atoms with Crippen molar-refractivity contribution >= 4 is 11.6 Å². The van der Waals surface area contributed by atoms with E-state index >= 15 is 0 Å². The van der Waals surface area contributed by atoms with E-state index in [4.69, 9.17) is 21.1 Å². The van der Waals surface area contributed by atoms with Crippen LogP contribution in [0.5, 0.6) is 11.9 Å². The quantitative estimate of drug-likeness (QED) is 0.798. The first kappa shape index (κ1) is 12.0. The second kappa shape index (κ2) is 4.20. The third-order valence-electron chi connectivity index (χ3n) is 1.80. The minimum atomic E-state index is -1.17. The Morgan fingerprint density at radius 1 is 1.20 bits per heavy atom. The van der Waals surface area contributed by atoms with Crippen LogP contribution in [0.1, 0.15) is 19.4 Å². The fourth-order valence-electron chi connectivity index (χ4n) is 1.15. The van der Waals surface area contributed by atoms with E-state index in [1.165, 1.54) is 14.2 Å². The molecule has 0 amide bonds. The van der Waals surface area contributed by atoms with Gasteiger partial charge in [0.25, 0.3) is 0 Å². The highest BCUT2D eigenvalue weighted by Gasteiger charge is 2.27. The molecule has 0 spiro atoms. The summed E-state index contributed by atoms with van der Waals surface area (Å²) in [6, 6.07) is 0.102. The molecule has 84 valence electrons. The molecule has 0 saturated heterocycles. The van der Waals surface area contributed by atoms with Gasteiger partial charge in [-0.1, -0.05) is 11.6 Å². The van der Waals surface area contributed by atoms with Crippen LogP contribution in [0.4, 0.5) is 0 Å². The minimum Gasteiger partial charge on any atom is -0.481 e. The molecule has 15 heavy (non-hydrogen) atoms. The van der Waals surface area contributed by atoms with Gasteiger partial charge >= 0.3 is 6.01 Å². The van der Waals surface area contributed by atoms with E-state index in [1.54, 1.807) is 13.8 Å². The molecule has 6 heteroatoms. The SMILES string of the molecule is COc1nc(Cl)c(C(C)(C)O)c(OC)n1. The molecule has 0 bridgehead atoms. The Hall–Kier alpha value is -1.07. The monoisotopic (exact) mass is 232 g/mol. The summed E-state index contributed by atoms with van der Waals surface area (Å²) in [5, 5.41) is 9.98. The first-order chi connectivity index (χ1) is 6.90. The third kappa shape index (κ3) is 2.49. The molecule has 0 radical (unpaired) electrons. The predicted octanol–water partition coefficient (Wildman–Crippen LogP) is 1.37. The van der Waals surface area contributed by atoms with Crippen LogP contribution in [0.25, 0.3) is 0 Å². The van der Waals surface area contributed by atoms with Gasteiger partial charge in [0.2, 0.25) is 5.88 Å². The predicted molar refractivity (Wildman–Crippen MR) is 55.4 cm³/mol. The largest absolute Gasteiger partial charge is 0.481 e. The van der Waals surface area contributed by atoms with Crippen LogP contribution in [0, 0.1) is 0 Å². The van der Waals surface area contributed by atoms with Crippen molar-refractivity contribution in [1.82, 2.24) is 9.97 Å². The Morgan fingerprint density at radius 2 is 1.80 bits per heavy atom. The zero-order chi connectivity index (χ0) is 11.6. The molecular formula is C9H13ClN2O3. The summed E-state index contributed by atoms with van der Waals surface area (Å²) in [5.74, 6) is 0.208. The number of rotatable bonds is 3. The second-order valence-corrected chi connectivity index (χ2v) is 3.80. The smallest absolute Gasteiger partial charge is 0.320 e. The number of methoxy groups -OCH3 is 2. The maximum Gasteiger partial charge on any atom is 0.320 e. The van der Waals surface area contributed by atoms with Crippen molar-refractivity contribution in [2.75, 3.05) is 14.2 Å². The zero-order valence-electron chi connectivity index (χ0n) is 9.04. The Balaban J connectivity index is 3.38. The normalized spacial score (nSPS) is 11.3. The Labute approximate surface area is 93.0 Å². The van der Waals surface area contributed by atoms with Crippen LogP contribution < -0.4 is 9.47 Å². The lowest BCUT2D eigenvalue weighted by Gasteiger charge is -2.20. The molecule has 5 nitrogen and oxygen atoms in total. The van der Waals surface area contributed by atoms with Crippen molar-refractivity contribution in [3.8, 4) is 11.9 Å². The van der Waals surface area contributed by atoms with Gasteiger partial charge in [0.15, 0.2) is 0 Å². The molecule has 0 aliphatic carbocycles. The minimum absolute atomic E-state index is 0.102. The summed E-state index contributed by atoms with van der Waals surface area (Å²) in [5.41, 5.74) is -0.832. The van der Waals surface area contributed by atoms with E-state index in [-0.39, 0.29) is 17.0 Å². The highest BCUT2D eigenvalue weighted by molar-refractivity contribution is 6.30. The average molecular weight is 233 g/mol. The third-order valence-corrected chi connectivity index (χ3v) is 2.07. The van der Waals surface area contributed by atoms with Gasteiger partial charge in [0.1, 0.15) is 5.15 Å². The van der Waals surface area contributed by atoms with Gasteiger partial charge in [-0.15, -0.1) is 0 Å². The Kier molecular flexibility index (Phi) is 3.36. The van der Waals surface area contributed by atoms with Crippen LogP contribution in [0.3, 0.4) is 0 Å². The lowest BCUT2D eigenvalue weighted by atomic mass is 10.0. The number of nitrogens with zero attached hydrogens (tertiary/aromatic N) is 2. The maximum absolute atomic E-state index is 9.86. The van der Waals surface area contributed by atoms with Crippen LogP contribution in [0.15, 0.2) is 0 Å². The molecule has 0 aromatic carbocycles. The van der Waals surface area contributed by atoms with Crippen molar-refractivity contribution in [3.63, 3.8) is 0 Å². The van der Waals surface area contributed by atoms with E-state index in [0.29, 0.717) is 5.56 Å². The van der Waals surface area contributed by atoms with Gasteiger partial charge in [-0.05, 0) is 13.8 Å². The standard InChI is InChI=1S/C9H13ClN2O3/c1-9(2,13)5-6(10)11-8(15-4)12-7(5)14-3/h13H,1-4H3. The number of aliphatic hydroxyl groups is 1. The second-order valence-electron chi connectivity index (χ2n) is 3.44. The molecule has 0 saturated carbocycles. The average Bonchev–Trinajstić information content (AvgIpc) is 2.14. The van der Waals surface area contributed by atoms with Gasteiger partial charge in [-0.2, -0.15) is 9.97 Å². The highest BCUT2D eigenvalue weighted by Crippen LogP contribution is 2.34. The Bertz CT molecular complexity index is 363. The molecule has 1 heterocycles. The van der Waals surface area contributed by atoms with Crippen molar-refractivity contribution in [2.45, 2.75) is 19.4 Å². The van der Waals surface area contributed by atoms with E-state index in [9.17, 15) is 5.11 Å². The Morgan fingerprint density at radius 3 is 2.20 bits per heavy atom. The summed E-state index contributed by atoms with van der Waals surface area (Å²) < 4.78 is 9.86. The van der Waals surface area contributed by atoms with Gasteiger partial charge in [0, 0.05) is 0 Å². The molecule has 1 rings (SSSR count). The summed E-state index contributed by atoms with van der Waals surface area (Å²) in [6.07, 6.45) is 0. The fourth-order valence-corrected chi connectivity index (χ4v) is 1.53. The molecule has 0 atom stereocenters. The van der Waals surface area contributed by atoms with Gasteiger partial charge in [-0.25, -0.2) is 0 Å². The summed E-state index contributed by atoms with van der Waals surface area (Å²) in [6.45, 7) is 3.15. The number of aromatic nitrogens is 2. The summed E-state index contributed by atoms with van der Waals surface area (Å²) in [7, 11) is 2.86. The van der Waals surface area contributed by atoms with E-state index in [2.05, 4.69) is 9.97 Å². The maximum atomic E-state index is 9.86. The van der Waals surface area contributed by atoms with Crippen molar-refractivity contribution in [3.05, 3.63) is 10.7 Å². The van der Waals surface area contributed by atoms with E-state index < -0.39 is 5.60 Å². The molecule has 1 aromatic heterocycles. The first-order valence-electron chi connectivity index (χ1n) is 4.28. The van der Waals surface area contributed by atoms with Crippen LogP contribution in [-0.4, -0.2) is 29.3 Å². The van der Waals surface area contributed by atoms with E-state index in [1.807, 2.05) is 0 Å². The summed E-state index contributed by atoms with van der Waals surface area (Å²) in [4.78, 5) is 7.80. The van der Waals surface area contributed by atoms with Crippen LogP contribution >= 0.6 is 11.6 Å². The molecule has 0 fully saturated rings. The van der Waals surface area contributed by atoms with Crippen LogP contribution in [0.2, 0.25) is 5.15 Å². The molecule has 1 aromatic rings. The van der Waals surface area contributed by atoms with Gasteiger partial charge in [-0.3, -0.25) is 0 Å². The van der Waals surface area contributed by atoms with E-state index in [0.717, 1.165) is 0 Å². The first-order valence-corrected chi connectivity index (χ1v) is 4.66. The number of hydrogen-bond acceptors (Lipinski definition) is 5. The molecular weight excluding hydrogens is 220 g/mol.